The summed E-state index contributed by atoms with van der Waals surface area (Å²) in [4.78, 5) is 18.1. The molecule has 0 aromatic heterocycles. The Morgan fingerprint density at radius 2 is 1.88 bits per heavy atom. The van der Waals surface area contributed by atoms with Gasteiger partial charge in [0.15, 0.2) is 0 Å². The van der Waals surface area contributed by atoms with E-state index in [-0.39, 0.29) is 11.9 Å². The van der Waals surface area contributed by atoms with Gasteiger partial charge in [-0.05, 0) is 6.92 Å². The van der Waals surface area contributed by atoms with E-state index < -0.39 is 0 Å². The Balaban J connectivity index is 2.38. The summed E-state index contributed by atoms with van der Waals surface area (Å²) in [7, 11) is 3.62. The summed E-state index contributed by atoms with van der Waals surface area (Å²) in [6.07, 6.45) is 0. The van der Waals surface area contributed by atoms with Gasteiger partial charge in [0.25, 0.3) is 0 Å². The Morgan fingerprint density at radius 3 is 2.31 bits per heavy atom. The molecule has 0 aromatic rings. The Morgan fingerprint density at radius 1 is 1.31 bits per heavy atom. The van der Waals surface area contributed by atoms with Crippen LogP contribution in [-0.4, -0.2) is 80.0 Å². The molecule has 1 unspecified atom stereocenters. The van der Waals surface area contributed by atoms with Gasteiger partial charge in [0.05, 0.1) is 6.04 Å². The van der Waals surface area contributed by atoms with E-state index in [2.05, 4.69) is 9.80 Å². The van der Waals surface area contributed by atoms with Crippen molar-refractivity contribution in [2.45, 2.75) is 13.0 Å². The predicted octanol–water partition coefficient (Wildman–Crippen LogP) is -0.961. The van der Waals surface area contributed by atoms with E-state index in [0.29, 0.717) is 6.54 Å². The molecule has 1 atom stereocenters. The SMILES string of the molecule is CC(C(=O)N(C)C)N1CCN(CCN)CC1. The lowest BCUT2D eigenvalue weighted by Gasteiger charge is -2.37. The molecule has 0 aromatic carbocycles. The molecule has 0 aliphatic carbocycles. The lowest BCUT2D eigenvalue weighted by Crippen LogP contribution is -2.54. The quantitative estimate of drug-likeness (QED) is 0.673. The van der Waals surface area contributed by atoms with Gasteiger partial charge in [0, 0.05) is 53.4 Å². The number of hydrogen-bond acceptors (Lipinski definition) is 4. The maximum atomic E-state index is 11.8. The molecule has 1 rings (SSSR count). The van der Waals surface area contributed by atoms with Crippen molar-refractivity contribution in [3.05, 3.63) is 0 Å². The smallest absolute Gasteiger partial charge is 0.239 e. The number of rotatable bonds is 4. The third-order valence-electron chi connectivity index (χ3n) is 3.20. The Hall–Kier alpha value is -0.650. The fourth-order valence-electron chi connectivity index (χ4n) is 2.09. The first-order chi connectivity index (χ1) is 7.56. The molecule has 1 heterocycles. The van der Waals surface area contributed by atoms with Crippen LogP contribution in [0.15, 0.2) is 0 Å². The minimum atomic E-state index is -0.00461. The average molecular weight is 228 g/mol. The van der Waals surface area contributed by atoms with Gasteiger partial charge in [-0.2, -0.15) is 0 Å². The van der Waals surface area contributed by atoms with Gasteiger partial charge in [-0.25, -0.2) is 0 Å². The van der Waals surface area contributed by atoms with Gasteiger partial charge in [0.2, 0.25) is 5.91 Å². The molecule has 5 heteroatoms. The molecule has 0 radical (unpaired) electrons. The molecule has 1 aliphatic heterocycles. The lowest BCUT2D eigenvalue weighted by atomic mass is 10.2. The second kappa shape index (κ2) is 6.18. The summed E-state index contributed by atoms with van der Waals surface area (Å²) < 4.78 is 0. The van der Waals surface area contributed by atoms with Gasteiger partial charge in [0.1, 0.15) is 0 Å². The minimum absolute atomic E-state index is 0.00461. The molecule has 94 valence electrons. The van der Waals surface area contributed by atoms with E-state index in [1.165, 1.54) is 0 Å². The Kier molecular flexibility index (Phi) is 5.18. The molecule has 0 saturated carbocycles. The first-order valence-electron chi connectivity index (χ1n) is 5.94. The zero-order chi connectivity index (χ0) is 12.1. The largest absolute Gasteiger partial charge is 0.347 e. The summed E-state index contributed by atoms with van der Waals surface area (Å²) in [6, 6.07) is -0.00461. The van der Waals surface area contributed by atoms with Gasteiger partial charge in [-0.15, -0.1) is 0 Å². The summed E-state index contributed by atoms with van der Waals surface area (Å²) in [5, 5.41) is 0. The van der Waals surface area contributed by atoms with Gasteiger partial charge in [-0.1, -0.05) is 0 Å². The molecule has 1 fully saturated rings. The van der Waals surface area contributed by atoms with E-state index in [9.17, 15) is 4.79 Å². The van der Waals surface area contributed by atoms with Crippen LogP contribution in [0.5, 0.6) is 0 Å². The van der Waals surface area contributed by atoms with Crippen molar-refractivity contribution >= 4 is 5.91 Å². The molecule has 16 heavy (non-hydrogen) atoms. The Bertz CT molecular complexity index is 224. The van der Waals surface area contributed by atoms with Crippen LogP contribution in [0.2, 0.25) is 0 Å². The zero-order valence-corrected chi connectivity index (χ0v) is 10.6. The molecule has 0 spiro atoms. The molecule has 1 saturated heterocycles. The van der Waals surface area contributed by atoms with Crippen molar-refractivity contribution in [2.24, 2.45) is 5.73 Å². The van der Waals surface area contributed by atoms with Gasteiger partial charge < -0.3 is 10.6 Å². The van der Waals surface area contributed by atoms with Crippen LogP contribution in [0, 0.1) is 0 Å². The van der Waals surface area contributed by atoms with Crippen molar-refractivity contribution in [3.8, 4) is 0 Å². The second-order valence-corrected chi connectivity index (χ2v) is 4.57. The van der Waals surface area contributed by atoms with Crippen LogP contribution >= 0.6 is 0 Å². The lowest BCUT2D eigenvalue weighted by molar-refractivity contribution is -0.134. The van der Waals surface area contributed by atoms with Crippen molar-refractivity contribution in [1.29, 1.82) is 0 Å². The number of hydrogen-bond donors (Lipinski definition) is 1. The van der Waals surface area contributed by atoms with Gasteiger partial charge >= 0.3 is 0 Å². The topological polar surface area (TPSA) is 52.8 Å². The molecule has 1 aliphatic rings. The van der Waals surface area contributed by atoms with Crippen molar-refractivity contribution in [3.63, 3.8) is 0 Å². The normalized spacial score (nSPS) is 20.8. The highest BCUT2D eigenvalue weighted by Crippen LogP contribution is 2.07. The molecule has 2 N–H and O–H groups in total. The average Bonchev–Trinajstić information content (AvgIpc) is 2.28. The van der Waals surface area contributed by atoms with Crippen LogP contribution in [0.4, 0.5) is 0 Å². The van der Waals surface area contributed by atoms with Crippen LogP contribution in [0.25, 0.3) is 0 Å². The number of nitrogens with zero attached hydrogens (tertiary/aromatic N) is 3. The summed E-state index contributed by atoms with van der Waals surface area (Å²) >= 11 is 0. The van der Waals surface area contributed by atoms with Crippen LogP contribution in [0.1, 0.15) is 6.92 Å². The monoisotopic (exact) mass is 228 g/mol. The van der Waals surface area contributed by atoms with E-state index in [1.807, 2.05) is 21.0 Å². The number of carbonyl (C=O) groups is 1. The zero-order valence-electron chi connectivity index (χ0n) is 10.6. The van der Waals surface area contributed by atoms with E-state index in [0.717, 1.165) is 32.7 Å². The highest BCUT2D eigenvalue weighted by molar-refractivity contribution is 5.80. The molecule has 1 amide bonds. The summed E-state index contributed by atoms with van der Waals surface area (Å²) in [5.74, 6) is 0.187. The van der Waals surface area contributed by atoms with E-state index in [4.69, 9.17) is 5.73 Å². The first kappa shape index (κ1) is 13.4. The number of amides is 1. The highest BCUT2D eigenvalue weighted by atomic mass is 16.2. The highest BCUT2D eigenvalue weighted by Gasteiger charge is 2.25. The molecular formula is C11H24N4O. The summed E-state index contributed by atoms with van der Waals surface area (Å²) in [5.41, 5.74) is 5.53. The predicted molar refractivity (Wildman–Crippen MR) is 65.2 cm³/mol. The van der Waals surface area contributed by atoms with Crippen LogP contribution in [0.3, 0.4) is 0 Å². The number of likely N-dealkylation sites (N-methyl/N-ethyl adjacent to an activating group) is 1. The van der Waals surface area contributed by atoms with Crippen molar-refractivity contribution < 1.29 is 4.79 Å². The molecule has 5 nitrogen and oxygen atoms in total. The molecule has 0 bridgehead atoms. The first-order valence-corrected chi connectivity index (χ1v) is 5.94. The van der Waals surface area contributed by atoms with Crippen molar-refractivity contribution in [2.75, 3.05) is 53.4 Å². The van der Waals surface area contributed by atoms with Crippen LogP contribution in [-0.2, 0) is 4.79 Å². The van der Waals surface area contributed by atoms with E-state index in [1.54, 1.807) is 4.90 Å². The van der Waals surface area contributed by atoms with Gasteiger partial charge in [-0.3, -0.25) is 14.6 Å². The van der Waals surface area contributed by atoms with Crippen LogP contribution < -0.4 is 5.73 Å². The summed E-state index contributed by atoms with van der Waals surface area (Å²) in [6.45, 7) is 7.61. The Labute approximate surface area is 98.2 Å². The molecular weight excluding hydrogens is 204 g/mol. The van der Waals surface area contributed by atoms with E-state index >= 15 is 0 Å². The fourth-order valence-corrected chi connectivity index (χ4v) is 2.09. The third-order valence-corrected chi connectivity index (χ3v) is 3.20. The number of carbonyl (C=O) groups excluding carboxylic acids is 1. The number of nitrogens with two attached hydrogens (primary N) is 1. The van der Waals surface area contributed by atoms with Crippen molar-refractivity contribution in [1.82, 2.24) is 14.7 Å². The second-order valence-electron chi connectivity index (χ2n) is 4.57. The number of piperazine rings is 1. The maximum Gasteiger partial charge on any atom is 0.239 e. The standard InChI is InChI=1S/C11H24N4O/c1-10(11(16)13(2)3)15-8-6-14(5-4-12)7-9-15/h10H,4-9,12H2,1-3H3. The minimum Gasteiger partial charge on any atom is -0.347 e. The fraction of sp³-hybridized carbons (Fsp3) is 0.909. The maximum absolute atomic E-state index is 11.8. The third kappa shape index (κ3) is 3.43.